The summed E-state index contributed by atoms with van der Waals surface area (Å²) in [6, 6.07) is 25.1. The zero-order chi connectivity index (χ0) is 22.8. The van der Waals surface area contributed by atoms with Crippen molar-refractivity contribution in [3.05, 3.63) is 101 Å². The Bertz CT molecular complexity index is 1090. The van der Waals surface area contributed by atoms with E-state index in [0.29, 0.717) is 23.5 Å². The number of amides is 1. The molecule has 0 heterocycles. The first-order chi connectivity index (χ1) is 15.5. The van der Waals surface area contributed by atoms with Crippen LogP contribution in [0.1, 0.15) is 40.4 Å². The molecule has 0 saturated carbocycles. The van der Waals surface area contributed by atoms with Crippen LogP contribution < -0.4 is 10.1 Å². The summed E-state index contributed by atoms with van der Waals surface area (Å²) in [4.78, 5) is 24.6. The van der Waals surface area contributed by atoms with Crippen molar-refractivity contribution in [1.29, 1.82) is 5.26 Å². The highest BCUT2D eigenvalue weighted by Gasteiger charge is 2.15. The fourth-order valence-electron chi connectivity index (χ4n) is 2.97. The first-order valence-electron chi connectivity index (χ1n) is 10.3. The van der Waals surface area contributed by atoms with Gasteiger partial charge in [0.25, 0.3) is 5.91 Å². The predicted octanol–water partition coefficient (Wildman–Crippen LogP) is 4.39. The van der Waals surface area contributed by atoms with E-state index in [-0.39, 0.29) is 30.9 Å². The van der Waals surface area contributed by atoms with Gasteiger partial charge in [0.1, 0.15) is 19.0 Å². The van der Waals surface area contributed by atoms with Gasteiger partial charge in [-0.15, -0.1) is 0 Å². The molecule has 0 aliphatic heterocycles. The third kappa shape index (κ3) is 6.99. The third-order valence-electron chi connectivity index (χ3n) is 4.68. The Morgan fingerprint density at radius 3 is 2.38 bits per heavy atom. The van der Waals surface area contributed by atoms with Crippen LogP contribution >= 0.6 is 0 Å². The molecule has 0 aromatic heterocycles. The summed E-state index contributed by atoms with van der Waals surface area (Å²) >= 11 is 0. The normalized spacial score (nSPS) is 11.1. The van der Waals surface area contributed by atoms with E-state index in [1.807, 2.05) is 42.5 Å². The largest absolute Gasteiger partial charge is 0.489 e. The minimum atomic E-state index is -0.381. The molecule has 6 nitrogen and oxygen atoms in total. The maximum atomic E-state index is 12.6. The number of benzene rings is 3. The Hall–Kier alpha value is -4.11. The SMILES string of the molecule is CC(CC(=O)OCc1ccccc1)NC(=O)c1cccc(OCc2ccc(C#N)cc2)c1. The van der Waals surface area contributed by atoms with E-state index in [4.69, 9.17) is 14.7 Å². The number of nitrogens with one attached hydrogen (secondary N) is 1. The van der Waals surface area contributed by atoms with Crippen molar-refractivity contribution < 1.29 is 19.1 Å². The quantitative estimate of drug-likeness (QED) is 0.511. The maximum Gasteiger partial charge on any atom is 0.308 e. The van der Waals surface area contributed by atoms with Gasteiger partial charge in [-0.2, -0.15) is 5.26 Å². The smallest absolute Gasteiger partial charge is 0.308 e. The highest BCUT2D eigenvalue weighted by Crippen LogP contribution is 2.16. The number of rotatable bonds is 9. The highest BCUT2D eigenvalue weighted by molar-refractivity contribution is 5.95. The Labute approximate surface area is 187 Å². The predicted molar refractivity (Wildman–Crippen MR) is 120 cm³/mol. The fourth-order valence-corrected chi connectivity index (χ4v) is 2.97. The summed E-state index contributed by atoms with van der Waals surface area (Å²) < 4.78 is 11.0. The second kappa shape index (κ2) is 11.3. The number of carbonyl (C=O) groups is 2. The van der Waals surface area contributed by atoms with Crippen molar-refractivity contribution in [3.8, 4) is 11.8 Å². The van der Waals surface area contributed by atoms with Crippen LogP contribution in [0.15, 0.2) is 78.9 Å². The summed E-state index contributed by atoms with van der Waals surface area (Å²) in [5, 5.41) is 11.7. The Morgan fingerprint density at radius 1 is 0.938 bits per heavy atom. The van der Waals surface area contributed by atoms with E-state index < -0.39 is 0 Å². The van der Waals surface area contributed by atoms with Gasteiger partial charge >= 0.3 is 5.97 Å². The number of ether oxygens (including phenoxy) is 2. The second-order valence-electron chi connectivity index (χ2n) is 7.35. The van der Waals surface area contributed by atoms with Crippen LogP contribution in [0, 0.1) is 11.3 Å². The summed E-state index contributed by atoms with van der Waals surface area (Å²) in [5.41, 5.74) is 2.86. The van der Waals surface area contributed by atoms with Crippen LogP contribution in [-0.4, -0.2) is 17.9 Å². The molecule has 1 atom stereocenters. The van der Waals surface area contributed by atoms with E-state index in [1.165, 1.54) is 0 Å². The average Bonchev–Trinajstić information content (AvgIpc) is 2.82. The summed E-state index contributed by atoms with van der Waals surface area (Å²) in [5.74, 6) is -0.115. The topological polar surface area (TPSA) is 88.4 Å². The molecule has 3 aromatic carbocycles. The van der Waals surface area contributed by atoms with Crippen molar-refractivity contribution in [2.24, 2.45) is 0 Å². The van der Waals surface area contributed by atoms with Crippen LogP contribution in [-0.2, 0) is 22.7 Å². The number of nitriles is 1. The summed E-state index contributed by atoms with van der Waals surface area (Å²) in [6.45, 7) is 2.28. The number of esters is 1. The molecule has 0 aliphatic carbocycles. The lowest BCUT2D eigenvalue weighted by Crippen LogP contribution is -2.34. The molecule has 3 aromatic rings. The van der Waals surface area contributed by atoms with Gasteiger partial charge in [0.2, 0.25) is 0 Å². The molecule has 32 heavy (non-hydrogen) atoms. The Balaban J connectivity index is 1.47. The van der Waals surface area contributed by atoms with Crippen molar-refractivity contribution in [2.75, 3.05) is 0 Å². The molecule has 0 aliphatic rings. The van der Waals surface area contributed by atoms with Gasteiger partial charge in [0.05, 0.1) is 18.1 Å². The number of nitrogens with zero attached hydrogens (tertiary/aromatic N) is 1. The molecular weight excluding hydrogens is 404 g/mol. The Kier molecular flexibility index (Phi) is 7.99. The lowest BCUT2D eigenvalue weighted by atomic mass is 10.1. The molecule has 3 rings (SSSR count). The van der Waals surface area contributed by atoms with Gasteiger partial charge in [0.15, 0.2) is 0 Å². The molecule has 0 saturated heterocycles. The zero-order valence-electron chi connectivity index (χ0n) is 17.8. The molecule has 0 bridgehead atoms. The molecule has 1 amide bonds. The lowest BCUT2D eigenvalue weighted by Gasteiger charge is -2.14. The van der Waals surface area contributed by atoms with Crippen molar-refractivity contribution in [2.45, 2.75) is 32.6 Å². The minimum absolute atomic E-state index is 0.0768. The van der Waals surface area contributed by atoms with Crippen molar-refractivity contribution in [1.82, 2.24) is 5.32 Å². The van der Waals surface area contributed by atoms with Gasteiger partial charge in [0, 0.05) is 11.6 Å². The average molecular weight is 428 g/mol. The molecule has 1 unspecified atom stereocenters. The van der Waals surface area contributed by atoms with Crippen LogP contribution in [0.3, 0.4) is 0 Å². The van der Waals surface area contributed by atoms with E-state index in [1.54, 1.807) is 43.3 Å². The first-order valence-corrected chi connectivity index (χ1v) is 10.3. The van der Waals surface area contributed by atoms with E-state index in [2.05, 4.69) is 11.4 Å². The van der Waals surface area contributed by atoms with Crippen LogP contribution in [0.25, 0.3) is 0 Å². The molecular formula is C26H24N2O4. The van der Waals surface area contributed by atoms with Crippen LogP contribution in [0.2, 0.25) is 0 Å². The van der Waals surface area contributed by atoms with Crippen molar-refractivity contribution >= 4 is 11.9 Å². The van der Waals surface area contributed by atoms with E-state index in [9.17, 15) is 9.59 Å². The molecule has 6 heteroatoms. The number of hydrogen-bond acceptors (Lipinski definition) is 5. The third-order valence-corrected chi connectivity index (χ3v) is 4.68. The van der Waals surface area contributed by atoms with E-state index in [0.717, 1.165) is 11.1 Å². The van der Waals surface area contributed by atoms with Gasteiger partial charge in [-0.3, -0.25) is 9.59 Å². The molecule has 0 spiro atoms. The van der Waals surface area contributed by atoms with Crippen LogP contribution in [0.5, 0.6) is 5.75 Å². The summed E-state index contributed by atoms with van der Waals surface area (Å²) in [6.07, 6.45) is 0.0768. The molecule has 1 N–H and O–H groups in total. The van der Waals surface area contributed by atoms with Gasteiger partial charge in [-0.1, -0.05) is 48.5 Å². The van der Waals surface area contributed by atoms with Gasteiger partial charge < -0.3 is 14.8 Å². The van der Waals surface area contributed by atoms with Crippen LogP contribution in [0.4, 0.5) is 0 Å². The van der Waals surface area contributed by atoms with Crippen molar-refractivity contribution in [3.63, 3.8) is 0 Å². The molecule has 0 fully saturated rings. The maximum absolute atomic E-state index is 12.6. The Morgan fingerprint density at radius 2 is 1.66 bits per heavy atom. The number of carbonyl (C=O) groups excluding carboxylic acids is 2. The lowest BCUT2D eigenvalue weighted by molar-refractivity contribution is -0.145. The van der Waals surface area contributed by atoms with Gasteiger partial charge in [-0.25, -0.2) is 0 Å². The fraction of sp³-hybridized carbons (Fsp3) is 0.192. The standard InChI is InChI=1S/C26H24N2O4/c1-19(14-25(29)32-18-21-6-3-2-4-7-21)28-26(30)23-8-5-9-24(15-23)31-17-22-12-10-20(16-27)11-13-22/h2-13,15,19H,14,17-18H2,1H3,(H,28,30). The van der Waals surface area contributed by atoms with E-state index >= 15 is 0 Å². The monoisotopic (exact) mass is 428 g/mol. The highest BCUT2D eigenvalue weighted by atomic mass is 16.5. The molecule has 0 radical (unpaired) electrons. The van der Waals surface area contributed by atoms with Gasteiger partial charge in [-0.05, 0) is 48.4 Å². The zero-order valence-corrected chi connectivity index (χ0v) is 17.8. The minimum Gasteiger partial charge on any atom is -0.489 e. The first kappa shape index (κ1) is 22.6. The second-order valence-corrected chi connectivity index (χ2v) is 7.35. The summed E-state index contributed by atoms with van der Waals surface area (Å²) in [7, 11) is 0. The molecule has 162 valence electrons. The number of hydrogen-bond donors (Lipinski definition) is 1.